The first-order chi connectivity index (χ1) is 14.6. The summed E-state index contributed by atoms with van der Waals surface area (Å²) >= 11 is 0. The van der Waals surface area contributed by atoms with E-state index < -0.39 is 0 Å². The Labute approximate surface area is 177 Å². The smallest absolute Gasteiger partial charge is 0.222 e. The van der Waals surface area contributed by atoms with Crippen LogP contribution >= 0.6 is 0 Å². The highest BCUT2D eigenvalue weighted by molar-refractivity contribution is 5.76. The van der Waals surface area contributed by atoms with Crippen LogP contribution in [0, 0.1) is 0 Å². The fourth-order valence-electron chi connectivity index (χ4n) is 3.08. The maximum absolute atomic E-state index is 12.6. The van der Waals surface area contributed by atoms with Crippen molar-refractivity contribution in [3.63, 3.8) is 0 Å². The van der Waals surface area contributed by atoms with Crippen LogP contribution in [-0.4, -0.2) is 45.8 Å². The number of ether oxygens (including phenoxy) is 2. The maximum atomic E-state index is 12.6. The number of carbonyl (C=O) groups excluding carboxylic acids is 1. The van der Waals surface area contributed by atoms with E-state index in [0.717, 1.165) is 22.7 Å². The van der Waals surface area contributed by atoms with E-state index in [0.29, 0.717) is 26.1 Å². The molecule has 0 saturated heterocycles. The van der Waals surface area contributed by atoms with Crippen molar-refractivity contribution >= 4 is 5.91 Å². The van der Waals surface area contributed by atoms with E-state index in [-0.39, 0.29) is 11.9 Å². The van der Waals surface area contributed by atoms with Gasteiger partial charge in [-0.15, -0.1) is 0 Å². The molecule has 30 heavy (non-hydrogen) atoms. The van der Waals surface area contributed by atoms with Crippen molar-refractivity contribution in [3.05, 3.63) is 66.7 Å². The average molecular weight is 409 g/mol. The Bertz CT molecular complexity index is 909. The van der Waals surface area contributed by atoms with Gasteiger partial charge in [-0.05, 0) is 62.2 Å². The molecule has 0 bridgehead atoms. The number of hydrogen-bond acceptors (Lipinski definition) is 5. The Hall–Kier alpha value is -3.35. The SMILES string of the molecule is CCOc1ccc(OCCCC(=O)N(C)[C@H](C)c2ccc(-n3cncn3)cc2)cc1. The summed E-state index contributed by atoms with van der Waals surface area (Å²) in [5, 5.41) is 4.12. The quantitative estimate of drug-likeness (QED) is 0.474. The van der Waals surface area contributed by atoms with E-state index in [1.807, 2.05) is 69.4 Å². The van der Waals surface area contributed by atoms with E-state index in [2.05, 4.69) is 10.1 Å². The monoisotopic (exact) mass is 408 g/mol. The predicted molar refractivity (Wildman–Crippen MR) is 115 cm³/mol. The number of rotatable bonds is 10. The molecule has 0 N–H and O–H groups in total. The van der Waals surface area contributed by atoms with Crippen LogP contribution in [0.5, 0.6) is 11.5 Å². The van der Waals surface area contributed by atoms with Gasteiger partial charge in [-0.25, -0.2) is 9.67 Å². The average Bonchev–Trinajstić information content (AvgIpc) is 3.32. The lowest BCUT2D eigenvalue weighted by Crippen LogP contribution is -2.29. The molecule has 0 aliphatic heterocycles. The van der Waals surface area contributed by atoms with Gasteiger partial charge in [-0.3, -0.25) is 4.79 Å². The second-order valence-corrected chi connectivity index (χ2v) is 6.97. The molecule has 1 amide bonds. The van der Waals surface area contributed by atoms with E-state index in [4.69, 9.17) is 9.47 Å². The van der Waals surface area contributed by atoms with Crippen LogP contribution in [0.4, 0.5) is 0 Å². The summed E-state index contributed by atoms with van der Waals surface area (Å²) in [6.07, 6.45) is 4.26. The van der Waals surface area contributed by atoms with Crippen LogP contribution in [0.2, 0.25) is 0 Å². The molecule has 7 heteroatoms. The van der Waals surface area contributed by atoms with Gasteiger partial charge in [0.2, 0.25) is 5.91 Å². The summed E-state index contributed by atoms with van der Waals surface area (Å²) < 4.78 is 12.8. The first kappa shape index (κ1) is 21.4. The first-order valence-corrected chi connectivity index (χ1v) is 10.1. The van der Waals surface area contributed by atoms with Crippen LogP contribution in [0.25, 0.3) is 5.69 Å². The largest absolute Gasteiger partial charge is 0.494 e. The van der Waals surface area contributed by atoms with Crippen molar-refractivity contribution in [3.8, 4) is 17.2 Å². The molecule has 0 unspecified atom stereocenters. The van der Waals surface area contributed by atoms with Crippen molar-refractivity contribution in [2.45, 2.75) is 32.7 Å². The number of nitrogens with zero attached hydrogens (tertiary/aromatic N) is 4. The molecular formula is C23H28N4O3. The van der Waals surface area contributed by atoms with Crippen LogP contribution < -0.4 is 9.47 Å². The third-order valence-electron chi connectivity index (χ3n) is 4.97. The minimum atomic E-state index is -0.0191. The number of benzene rings is 2. The lowest BCUT2D eigenvalue weighted by atomic mass is 10.1. The molecule has 1 heterocycles. The normalized spacial score (nSPS) is 11.7. The highest BCUT2D eigenvalue weighted by Gasteiger charge is 2.17. The number of aromatic nitrogens is 3. The molecule has 1 atom stereocenters. The van der Waals surface area contributed by atoms with Gasteiger partial charge >= 0.3 is 0 Å². The summed E-state index contributed by atoms with van der Waals surface area (Å²) in [5.74, 6) is 1.70. The Morgan fingerprint density at radius 2 is 1.73 bits per heavy atom. The molecule has 1 aromatic heterocycles. The second kappa shape index (κ2) is 10.4. The molecule has 7 nitrogen and oxygen atoms in total. The Balaban J connectivity index is 1.44. The van der Waals surface area contributed by atoms with Crippen LogP contribution in [0.3, 0.4) is 0 Å². The van der Waals surface area contributed by atoms with E-state index in [1.165, 1.54) is 6.33 Å². The zero-order valence-electron chi connectivity index (χ0n) is 17.7. The maximum Gasteiger partial charge on any atom is 0.222 e. The first-order valence-electron chi connectivity index (χ1n) is 10.1. The molecule has 3 rings (SSSR count). The zero-order chi connectivity index (χ0) is 21.3. The van der Waals surface area contributed by atoms with Gasteiger partial charge in [0.25, 0.3) is 0 Å². The van der Waals surface area contributed by atoms with Crippen LogP contribution in [0.15, 0.2) is 61.2 Å². The minimum absolute atomic E-state index is 0.0191. The number of carbonyl (C=O) groups is 1. The standard InChI is InChI=1S/C23H28N4O3/c1-4-29-21-11-13-22(14-12-21)30-15-5-6-23(28)26(3)18(2)19-7-9-20(10-8-19)27-17-24-16-25-27/h7-14,16-18H,4-6,15H2,1-3H3/t18-/m1/s1. The highest BCUT2D eigenvalue weighted by Crippen LogP contribution is 2.21. The number of amides is 1. The van der Waals surface area contributed by atoms with Gasteiger partial charge < -0.3 is 14.4 Å². The number of hydrogen-bond donors (Lipinski definition) is 0. The van der Waals surface area contributed by atoms with E-state index in [1.54, 1.807) is 15.9 Å². The predicted octanol–water partition coefficient (Wildman–Crippen LogP) is 4.04. The van der Waals surface area contributed by atoms with Crippen molar-refractivity contribution in [1.82, 2.24) is 19.7 Å². The molecule has 0 aliphatic rings. The van der Waals surface area contributed by atoms with Crippen molar-refractivity contribution in [2.75, 3.05) is 20.3 Å². The van der Waals surface area contributed by atoms with Gasteiger partial charge in [0.05, 0.1) is 24.9 Å². The van der Waals surface area contributed by atoms with Crippen molar-refractivity contribution < 1.29 is 14.3 Å². The molecular weight excluding hydrogens is 380 g/mol. The highest BCUT2D eigenvalue weighted by atomic mass is 16.5. The molecule has 3 aromatic rings. The molecule has 0 spiro atoms. The fraction of sp³-hybridized carbons (Fsp3) is 0.348. The van der Waals surface area contributed by atoms with Crippen LogP contribution in [-0.2, 0) is 4.79 Å². The van der Waals surface area contributed by atoms with Crippen LogP contribution in [0.1, 0.15) is 38.3 Å². The van der Waals surface area contributed by atoms with Gasteiger partial charge in [0.1, 0.15) is 24.2 Å². The minimum Gasteiger partial charge on any atom is -0.494 e. The summed E-state index contributed by atoms with van der Waals surface area (Å²) in [7, 11) is 1.84. The summed E-state index contributed by atoms with van der Waals surface area (Å²) in [6, 6.07) is 15.5. The molecule has 0 saturated carbocycles. The van der Waals surface area contributed by atoms with Gasteiger partial charge in [-0.1, -0.05) is 12.1 Å². The molecule has 0 radical (unpaired) electrons. The van der Waals surface area contributed by atoms with E-state index in [9.17, 15) is 4.79 Å². The zero-order valence-corrected chi connectivity index (χ0v) is 17.7. The van der Waals surface area contributed by atoms with Gasteiger partial charge in [0, 0.05) is 13.5 Å². The Morgan fingerprint density at radius 1 is 1.07 bits per heavy atom. The van der Waals surface area contributed by atoms with Gasteiger partial charge in [0.15, 0.2) is 0 Å². The van der Waals surface area contributed by atoms with Gasteiger partial charge in [-0.2, -0.15) is 5.10 Å². The van der Waals surface area contributed by atoms with Crippen molar-refractivity contribution in [1.29, 1.82) is 0 Å². The molecule has 0 fully saturated rings. The Kier molecular flexibility index (Phi) is 7.43. The van der Waals surface area contributed by atoms with Crippen molar-refractivity contribution in [2.24, 2.45) is 0 Å². The lowest BCUT2D eigenvalue weighted by molar-refractivity contribution is -0.132. The lowest BCUT2D eigenvalue weighted by Gasteiger charge is -2.25. The third-order valence-corrected chi connectivity index (χ3v) is 4.97. The fourth-order valence-corrected chi connectivity index (χ4v) is 3.08. The second-order valence-electron chi connectivity index (χ2n) is 6.97. The molecule has 2 aromatic carbocycles. The summed E-state index contributed by atoms with van der Waals surface area (Å²) in [4.78, 5) is 18.3. The third kappa shape index (κ3) is 5.59. The van der Waals surface area contributed by atoms with E-state index >= 15 is 0 Å². The topological polar surface area (TPSA) is 69.5 Å². The summed E-state index contributed by atoms with van der Waals surface area (Å²) in [6.45, 7) is 5.11. The Morgan fingerprint density at radius 3 is 2.33 bits per heavy atom. The summed E-state index contributed by atoms with van der Waals surface area (Å²) in [5.41, 5.74) is 2.00. The molecule has 158 valence electrons. The molecule has 0 aliphatic carbocycles.